The van der Waals surface area contributed by atoms with E-state index >= 15 is 0 Å². The summed E-state index contributed by atoms with van der Waals surface area (Å²) in [7, 11) is -3.69. The van der Waals surface area contributed by atoms with Gasteiger partial charge in [-0.2, -0.15) is 0 Å². The maximum atomic E-state index is 13.0. The smallest absolute Gasteiger partial charge is 0.248 e. The number of rotatable bonds is 9. The Morgan fingerprint density at radius 3 is 2.19 bits per heavy atom. The van der Waals surface area contributed by atoms with Gasteiger partial charge in [0.2, 0.25) is 15.9 Å². The lowest BCUT2D eigenvalue weighted by Crippen LogP contribution is -2.46. The van der Waals surface area contributed by atoms with E-state index in [1.165, 1.54) is 4.90 Å². The average Bonchev–Trinajstić information content (AvgIpc) is 2.77. The maximum absolute atomic E-state index is 13.0. The van der Waals surface area contributed by atoms with Crippen LogP contribution in [0.25, 0.3) is 0 Å². The number of hydrogen-bond donors (Lipinski definition) is 1. The zero-order valence-electron chi connectivity index (χ0n) is 17.9. The summed E-state index contributed by atoms with van der Waals surface area (Å²) in [6, 6.07) is 23.2. The van der Waals surface area contributed by atoms with Crippen molar-refractivity contribution in [3.05, 3.63) is 89.4 Å². The molecule has 1 N–H and O–H groups in total. The summed E-state index contributed by atoms with van der Waals surface area (Å²) >= 11 is 7.67. The molecule has 5 nitrogen and oxygen atoms in total. The van der Waals surface area contributed by atoms with Crippen LogP contribution in [0, 0.1) is 0 Å². The molecule has 0 aliphatic heterocycles. The molecular formula is C24H25ClN2O3S2. The third-order valence-corrected chi connectivity index (χ3v) is 7.30. The third kappa shape index (κ3) is 6.51. The van der Waals surface area contributed by atoms with E-state index in [9.17, 15) is 13.2 Å². The number of benzene rings is 3. The molecule has 1 amide bonds. The fourth-order valence-corrected chi connectivity index (χ4v) is 5.45. The summed E-state index contributed by atoms with van der Waals surface area (Å²) in [5.74, 6) is 0.424. The van der Waals surface area contributed by atoms with E-state index in [0.717, 1.165) is 21.9 Å². The van der Waals surface area contributed by atoms with Gasteiger partial charge >= 0.3 is 0 Å². The van der Waals surface area contributed by atoms with Gasteiger partial charge < -0.3 is 5.32 Å². The number of carbonyl (C=O) groups excluding carboxylic acids is 1. The zero-order chi connectivity index (χ0) is 23.1. The van der Waals surface area contributed by atoms with Gasteiger partial charge in [0.05, 0.1) is 11.9 Å². The van der Waals surface area contributed by atoms with E-state index in [0.29, 0.717) is 22.8 Å². The molecule has 0 aliphatic rings. The van der Waals surface area contributed by atoms with Gasteiger partial charge in [0.25, 0.3) is 0 Å². The lowest BCUT2D eigenvalue weighted by molar-refractivity contribution is -0.117. The Bertz CT molecular complexity index is 1140. The SMILES string of the molecule is CC[C@H](C(=O)Nc1ccc(CSc2ccccc2)cc1)N(c1ccc(Cl)cc1)S(C)(=O)=O. The standard InChI is InChI=1S/C24H25ClN2O3S2/c1-3-23(27(32(2,29)30)21-15-11-19(25)12-16-21)24(28)26-20-13-9-18(10-14-20)17-31-22-7-5-4-6-8-22/h4-16,23H,3,17H2,1-2H3,(H,26,28)/t23-/m1/s1. The van der Waals surface area contributed by atoms with Crippen molar-refractivity contribution in [3.63, 3.8) is 0 Å². The Balaban J connectivity index is 1.71. The summed E-state index contributed by atoms with van der Waals surface area (Å²) in [5.41, 5.74) is 2.14. The molecule has 0 heterocycles. The fraction of sp³-hybridized carbons (Fsp3) is 0.208. The molecule has 1 atom stereocenters. The van der Waals surface area contributed by atoms with Crippen LogP contribution in [0.1, 0.15) is 18.9 Å². The monoisotopic (exact) mass is 488 g/mol. The number of amides is 1. The molecule has 0 radical (unpaired) electrons. The number of halogens is 1. The molecule has 0 fully saturated rings. The lowest BCUT2D eigenvalue weighted by atomic mass is 10.1. The van der Waals surface area contributed by atoms with Crippen molar-refractivity contribution in [1.29, 1.82) is 0 Å². The first-order chi connectivity index (χ1) is 15.3. The predicted octanol–water partition coefficient (Wildman–Crippen LogP) is 5.82. The highest BCUT2D eigenvalue weighted by Crippen LogP contribution is 2.26. The van der Waals surface area contributed by atoms with Gasteiger partial charge in [0.1, 0.15) is 6.04 Å². The van der Waals surface area contributed by atoms with E-state index in [4.69, 9.17) is 11.6 Å². The second-order valence-electron chi connectivity index (χ2n) is 7.25. The van der Waals surface area contributed by atoms with E-state index in [1.54, 1.807) is 43.0 Å². The summed E-state index contributed by atoms with van der Waals surface area (Å²) in [6.45, 7) is 1.78. The second kappa shape index (κ2) is 10.9. The van der Waals surface area contributed by atoms with E-state index in [2.05, 4.69) is 17.4 Å². The highest BCUT2D eigenvalue weighted by Gasteiger charge is 2.31. The quantitative estimate of drug-likeness (QED) is 0.385. The molecule has 0 unspecified atom stereocenters. The average molecular weight is 489 g/mol. The first-order valence-electron chi connectivity index (χ1n) is 10.1. The molecule has 0 bridgehead atoms. The Morgan fingerprint density at radius 2 is 1.62 bits per heavy atom. The molecule has 3 rings (SSSR count). The van der Waals surface area contributed by atoms with Crippen LogP contribution in [0.15, 0.2) is 83.8 Å². The highest BCUT2D eigenvalue weighted by molar-refractivity contribution is 7.98. The number of nitrogens with zero attached hydrogens (tertiary/aromatic N) is 1. The number of anilines is 2. The molecular weight excluding hydrogens is 464 g/mol. The van der Waals surface area contributed by atoms with Crippen LogP contribution >= 0.6 is 23.4 Å². The summed E-state index contributed by atoms with van der Waals surface area (Å²) < 4.78 is 26.2. The number of hydrogen-bond acceptors (Lipinski definition) is 4. The fourth-order valence-electron chi connectivity index (χ4n) is 3.24. The first kappa shape index (κ1) is 24.2. The number of carbonyl (C=O) groups is 1. The summed E-state index contributed by atoms with van der Waals surface area (Å²) in [4.78, 5) is 14.2. The molecule has 0 aromatic heterocycles. The zero-order valence-corrected chi connectivity index (χ0v) is 20.3. The normalized spacial score (nSPS) is 12.2. The van der Waals surface area contributed by atoms with Crippen molar-refractivity contribution >= 4 is 50.7 Å². The van der Waals surface area contributed by atoms with Gasteiger partial charge in [-0.1, -0.05) is 48.9 Å². The minimum Gasteiger partial charge on any atom is -0.324 e. The minimum atomic E-state index is -3.69. The van der Waals surface area contributed by atoms with Gasteiger partial charge in [0, 0.05) is 21.4 Å². The van der Waals surface area contributed by atoms with Gasteiger partial charge in [-0.15, -0.1) is 11.8 Å². The van der Waals surface area contributed by atoms with Crippen molar-refractivity contribution in [2.75, 3.05) is 15.9 Å². The summed E-state index contributed by atoms with van der Waals surface area (Å²) in [5, 5.41) is 3.34. The van der Waals surface area contributed by atoms with Gasteiger partial charge in [-0.25, -0.2) is 8.42 Å². The van der Waals surface area contributed by atoms with Crippen LogP contribution in [0.3, 0.4) is 0 Å². The Labute approximate surface area is 198 Å². The molecule has 8 heteroatoms. The number of thioether (sulfide) groups is 1. The first-order valence-corrected chi connectivity index (χ1v) is 13.3. The number of nitrogens with one attached hydrogen (secondary N) is 1. The van der Waals surface area contributed by atoms with Crippen molar-refractivity contribution < 1.29 is 13.2 Å². The Hall–Kier alpha value is -2.48. The van der Waals surface area contributed by atoms with Crippen LogP contribution in [0.5, 0.6) is 0 Å². The van der Waals surface area contributed by atoms with E-state index < -0.39 is 16.1 Å². The van der Waals surface area contributed by atoms with Crippen LogP contribution in [0.2, 0.25) is 5.02 Å². The van der Waals surface area contributed by atoms with E-state index in [1.807, 2.05) is 42.5 Å². The van der Waals surface area contributed by atoms with Crippen molar-refractivity contribution in [2.24, 2.45) is 0 Å². The molecule has 168 valence electrons. The molecule has 32 heavy (non-hydrogen) atoms. The molecule has 3 aromatic rings. The summed E-state index contributed by atoms with van der Waals surface area (Å²) in [6.07, 6.45) is 1.41. The molecule has 0 saturated carbocycles. The molecule has 3 aromatic carbocycles. The topological polar surface area (TPSA) is 66.5 Å². The second-order valence-corrected chi connectivity index (χ2v) is 10.6. The van der Waals surface area contributed by atoms with E-state index in [-0.39, 0.29) is 5.91 Å². The van der Waals surface area contributed by atoms with Crippen molar-refractivity contribution in [2.45, 2.75) is 30.0 Å². The van der Waals surface area contributed by atoms with Crippen molar-refractivity contribution in [3.8, 4) is 0 Å². The van der Waals surface area contributed by atoms with Gasteiger partial charge in [-0.3, -0.25) is 9.10 Å². The third-order valence-electron chi connectivity index (χ3n) is 4.78. The van der Waals surface area contributed by atoms with Crippen molar-refractivity contribution in [1.82, 2.24) is 0 Å². The van der Waals surface area contributed by atoms with Crippen LogP contribution in [0.4, 0.5) is 11.4 Å². The molecule has 0 saturated heterocycles. The lowest BCUT2D eigenvalue weighted by Gasteiger charge is -2.30. The molecule has 0 spiro atoms. The maximum Gasteiger partial charge on any atom is 0.248 e. The molecule has 0 aliphatic carbocycles. The largest absolute Gasteiger partial charge is 0.324 e. The highest BCUT2D eigenvalue weighted by atomic mass is 35.5. The Kier molecular flexibility index (Phi) is 8.23. The van der Waals surface area contributed by atoms with Crippen LogP contribution in [-0.2, 0) is 20.6 Å². The number of sulfonamides is 1. The van der Waals surface area contributed by atoms with Crippen LogP contribution < -0.4 is 9.62 Å². The van der Waals surface area contributed by atoms with Gasteiger partial charge in [0.15, 0.2) is 0 Å². The Morgan fingerprint density at radius 1 is 1.00 bits per heavy atom. The van der Waals surface area contributed by atoms with Gasteiger partial charge in [-0.05, 0) is 60.5 Å². The van der Waals surface area contributed by atoms with Crippen LogP contribution in [-0.4, -0.2) is 26.6 Å². The predicted molar refractivity (Wildman–Crippen MR) is 134 cm³/mol. The minimum absolute atomic E-state index is 0.313.